The van der Waals surface area contributed by atoms with Crippen molar-refractivity contribution in [1.82, 2.24) is 10.3 Å². The number of sulfonamides is 1. The van der Waals surface area contributed by atoms with Crippen LogP contribution in [-0.4, -0.2) is 31.7 Å². The van der Waals surface area contributed by atoms with Gasteiger partial charge in [-0.1, -0.05) is 11.3 Å². The van der Waals surface area contributed by atoms with Gasteiger partial charge in [-0.3, -0.25) is 4.72 Å². The first kappa shape index (κ1) is 12.3. The Labute approximate surface area is 107 Å². The first-order valence-corrected chi connectivity index (χ1v) is 8.16. The van der Waals surface area contributed by atoms with Crippen LogP contribution in [0.25, 0.3) is 0 Å². The van der Waals surface area contributed by atoms with Gasteiger partial charge in [-0.05, 0) is 35.3 Å². The van der Waals surface area contributed by atoms with Crippen LogP contribution in [0.1, 0.15) is 12.8 Å². The molecule has 16 heavy (non-hydrogen) atoms. The molecule has 2 heterocycles. The van der Waals surface area contributed by atoms with Gasteiger partial charge in [0, 0.05) is 6.04 Å². The molecule has 0 aliphatic carbocycles. The fourth-order valence-electron chi connectivity index (χ4n) is 1.64. The monoisotopic (exact) mass is 325 g/mol. The molecule has 1 unspecified atom stereocenters. The van der Waals surface area contributed by atoms with Crippen molar-refractivity contribution in [2.75, 3.05) is 17.0 Å². The molecular formula is C8H12BrN3O2S2. The molecule has 0 radical (unpaired) electrons. The number of anilines is 1. The maximum Gasteiger partial charge on any atom is 0.236 e. The van der Waals surface area contributed by atoms with Crippen LogP contribution in [-0.2, 0) is 10.0 Å². The second-order valence-corrected chi connectivity index (χ2v) is 7.82. The van der Waals surface area contributed by atoms with E-state index in [0.29, 0.717) is 5.13 Å². The van der Waals surface area contributed by atoms with Crippen molar-refractivity contribution in [2.24, 2.45) is 0 Å². The maximum absolute atomic E-state index is 11.8. The van der Waals surface area contributed by atoms with Gasteiger partial charge in [0.25, 0.3) is 0 Å². The Morgan fingerprint density at radius 3 is 3.06 bits per heavy atom. The first-order valence-electron chi connectivity index (χ1n) is 4.90. The van der Waals surface area contributed by atoms with Crippen LogP contribution in [0, 0.1) is 0 Å². The van der Waals surface area contributed by atoms with Gasteiger partial charge in [0.05, 0.1) is 15.7 Å². The summed E-state index contributed by atoms with van der Waals surface area (Å²) in [6.45, 7) is 0.906. The van der Waals surface area contributed by atoms with Crippen molar-refractivity contribution in [3.63, 3.8) is 0 Å². The molecule has 0 bridgehead atoms. The van der Waals surface area contributed by atoms with E-state index >= 15 is 0 Å². The lowest BCUT2D eigenvalue weighted by Crippen LogP contribution is -2.32. The third kappa shape index (κ3) is 3.41. The molecule has 0 amide bonds. The molecule has 1 fully saturated rings. The van der Waals surface area contributed by atoms with Gasteiger partial charge in [0.15, 0.2) is 5.13 Å². The summed E-state index contributed by atoms with van der Waals surface area (Å²) >= 11 is 4.50. The van der Waals surface area contributed by atoms with Gasteiger partial charge >= 0.3 is 0 Å². The van der Waals surface area contributed by atoms with E-state index in [1.165, 1.54) is 11.3 Å². The van der Waals surface area contributed by atoms with E-state index in [1.54, 1.807) is 6.20 Å². The summed E-state index contributed by atoms with van der Waals surface area (Å²) in [5.74, 6) is 0.115. The highest BCUT2D eigenvalue weighted by atomic mass is 79.9. The molecule has 2 N–H and O–H groups in total. The van der Waals surface area contributed by atoms with E-state index in [4.69, 9.17) is 0 Å². The van der Waals surface area contributed by atoms with Gasteiger partial charge in [0.2, 0.25) is 10.0 Å². The molecule has 2 rings (SSSR count). The Morgan fingerprint density at radius 2 is 2.50 bits per heavy atom. The summed E-state index contributed by atoms with van der Waals surface area (Å²) in [6.07, 6.45) is 3.54. The van der Waals surface area contributed by atoms with Gasteiger partial charge < -0.3 is 5.32 Å². The highest BCUT2D eigenvalue weighted by molar-refractivity contribution is 9.11. The quantitative estimate of drug-likeness (QED) is 0.877. The zero-order chi connectivity index (χ0) is 11.6. The summed E-state index contributed by atoms with van der Waals surface area (Å²) in [4.78, 5) is 3.94. The fourth-order valence-corrected chi connectivity index (χ4v) is 4.36. The number of hydrogen-bond acceptors (Lipinski definition) is 5. The zero-order valence-corrected chi connectivity index (χ0v) is 11.7. The predicted octanol–water partition coefficient (Wildman–Crippen LogP) is 1.40. The lowest BCUT2D eigenvalue weighted by atomic mass is 10.3. The molecular weight excluding hydrogens is 314 g/mol. The molecule has 1 aliphatic heterocycles. The van der Waals surface area contributed by atoms with Crippen molar-refractivity contribution in [3.8, 4) is 0 Å². The SMILES string of the molecule is O=S(=O)(CC1CCCN1)Nc1ncc(Br)s1. The number of aromatic nitrogens is 1. The Balaban J connectivity index is 1.96. The normalized spacial score (nSPS) is 21.2. The van der Waals surface area contributed by atoms with Gasteiger partial charge in [-0.15, -0.1) is 0 Å². The minimum atomic E-state index is -3.29. The van der Waals surface area contributed by atoms with Crippen LogP contribution < -0.4 is 10.0 Å². The highest BCUT2D eigenvalue weighted by Crippen LogP contribution is 2.24. The maximum atomic E-state index is 11.8. The number of rotatable bonds is 4. The van der Waals surface area contributed by atoms with Gasteiger partial charge in [-0.2, -0.15) is 0 Å². The van der Waals surface area contributed by atoms with Crippen molar-refractivity contribution in [1.29, 1.82) is 0 Å². The first-order chi connectivity index (χ1) is 7.55. The molecule has 90 valence electrons. The number of hydrogen-bond donors (Lipinski definition) is 2. The van der Waals surface area contributed by atoms with E-state index in [2.05, 4.69) is 31.0 Å². The van der Waals surface area contributed by atoms with E-state index < -0.39 is 10.0 Å². The minimum absolute atomic E-state index is 0.0703. The number of thiazole rings is 1. The predicted molar refractivity (Wildman–Crippen MR) is 68.2 cm³/mol. The Bertz CT molecular complexity index is 454. The number of halogens is 1. The summed E-state index contributed by atoms with van der Waals surface area (Å²) in [5.41, 5.74) is 0. The van der Waals surface area contributed by atoms with Crippen LogP contribution >= 0.6 is 27.3 Å². The second kappa shape index (κ2) is 4.99. The Morgan fingerprint density at radius 1 is 1.69 bits per heavy atom. The van der Waals surface area contributed by atoms with Crippen LogP contribution in [0.4, 0.5) is 5.13 Å². The molecule has 1 atom stereocenters. The van der Waals surface area contributed by atoms with E-state index in [-0.39, 0.29) is 11.8 Å². The largest absolute Gasteiger partial charge is 0.313 e. The van der Waals surface area contributed by atoms with E-state index in [1.807, 2.05) is 0 Å². The smallest absolute Gasteiger partial charge is 0.236 e. The fraction of sp³-hybridized carbons (Fsp3) is 0.625. The van der Waals surface area contributed by atoms with Crippen molar-refractivity contribution >= 4 is 42.4 Å². The van der Waals surface area contributed by atoms with Crippen molar-refractivity contribution < 1.29 is 8.42 Å². The topological polar surface area (TPSA) is 71.1 Å². The number of nitrogens with one attached hydrogen (secondary N) is 2. The van der Waals surface area contributed by atoms with Gasteiger partial charge in [-0.25, -0.2) is 13.4 Å². The van der Waals surface area contributed by atoms with Crippen LogP contribution in [0.2, 0.25) is 0 Å². The molecule has 1 saturated heterocycles. The minimum Gasteiger partial charge on any atom is -0.313 e. The van der Waals surface area contributed by atoms with E-state index in [9.17, 15) is 8.42 Å². The van der Waals surface area contributed by atoms with Gasteiger partial charge in [0.1, 0.15) is 0 Å². The second-order valence-electron chi connectivity index (χ2n) is 3.65. The molecule has 1 aliphatic rings. The lowest BCUT2D eigenvalue weighted by Gasteiger charge is -2.10. The Hall–Kier alpha value is -0.180. The Kier molecular flexibility index (Phi) is 3.83. The highest BCUT2D eigenvalue weighted by Gasteiger charge is 2.22. The molecule has 0 aromatic carbocycles. The van der Waals surface area contributed by atoms with Crippen LogP contribution in [0.15, 0.2) is 9.98 Å². The average molecular weight is 326 g/mol. The zero-order valence-electron chi connectivity index (χ0n) is 8.44. The third-order valence-electron chi connectivity index (χ3n) is 2.30. The van der Waals surface area contributed by atoms with Crippen LogP contribution in [0.5, 0.6) is 0 Å². The molecule has 0 saturated carbocycles. The standard InChI is InChI=1S/C8H12BrN3O2S2/c9-7-4-11-8(15-7)12-16(13,14)5-6-2-1-3-10-6/h4,6,10H,1-3,5H2,(H,11,12). The molecule has 0 spiro atoms. The molecule has 8 heteroatoms. The summed E-state index contributed by atoms with van der Waals surface area (Å²) < 4.78 is 26.8. The van der Waals surface area contributed by atoms with Crippen molar-refractivity contribution in [3.05, 3.63) is 9.98 Å². The molecule has 1 aromatic rings. The summed E-state index contributed by atoms with van der Waals surface area (Å²) in [6, 6.07) is 0.0703. The molecule has 5 nitrogen and oxygen atoms in total. The third-order valence-corrected chi connectivity index (χ3v) is 5.17. The average Bonchev–Trinajstić information content (AvgIpc) is 2.76. The molecule has 1 aromatic heterocycles. The van der Waals surface area contributed by atoms with Crippen molar-refractivity contribution in [2.45, 2.75) is 18.9 Å². The number of nitrogens with zero attached hydrogens (tertiary/aromatic N) is 1. The lowest BCUT2D eigenvalue weighted by molar-refractivity contribution is 0.582. The van der Waals surface area contributed by atoms with E-state index in [0.717, 1.165) is 23.2 Å². The summed E-state index contributed by atoms with van der Waals surface area (Å²) in [7, 11) is -3.29. The van der Waals surface area contributed by atoms with Crippen LogP contribution in [0.3, 0.4) is 0 Å². The summed E-state index contributed by atoms with van der Waals surface area (Å²) in [5, 5.41) is 3.57.